The molecule has 4 nitrogen and oxygen atoms in total. The van der Waals surface area contributed by atoms with Crippen molar-refractivity contribution in [2.24, 2.45) is 0 Å². The lowest BCUT2D eigenvalue weighted by Crippen LogP contribution is -2.24. The zero-order valence-electron chi connectivity index (χ0n) is 8.31. The first kappa shape index (κ1) is 11.3. The second-order valence-electron chi connectivity index (χ2n) is 3.01. The number of anilines is 1. The van der Waals surface area contributed by atoms with Gasteiger partial charge in [-0.05, 0) is 23.8 Å². The maximum Gasteiger partial charge on any atom is 0.244 e. The Balaban J connectivity index is 2.50. The molecule has 0 aliphatic carbocycles. The van der Waals surface area contributed by atoms with Crippen LogP contribution in [0.4, 0.5) is 5.69 Å². The van der Waals surface area contributed by atoms with Gasteiger partial charge in [0, 0.05) is 18.3 Å². The van der Waals surface area contributed by atoms with Gasteiger partial charge in [0.2, 0.25) is 5.91 Å². The van der Waals surface area contributed by atoms with Crippen molar-refractivity contribution in [1.82, 2.24) is 5.32 Å². The second-order valence-corrected chi connectivity index (χ2v) is 3.01. The fraction of sp³-hybridized carbons (Fsp3) is 0.182. The van der Waals surface area contributed by atoms with E-state index in [0.29, 0.717) is 5.69 Å². The first-order valence-electron chi connectivity index (χ1n) is 4.64. The van der Waals surface area contributed by atoms with Gasteiger partial charge in [-0.2, -0.15) is 0 Å². The number of aliphatic hydroxyl groups is 1. The largest absolute Gasteiger partial charge is 0.399 e. The van der Waals surface area contributed by atoms with E-state index in [-0.39, 0.29) is 19.1 Å². The average Bonchev–Trinajstić information content (AvgIpc) is 2.25. The minimum Gasteiger partial charge on any atom is -0.399 e. The predicted molar refractivity (Wildman–Crippen MR) is 60.0 cm³/mol. The third-order valence-electron chi connectivity index (χ3n) is 1.77. The Morgan fingerprint density at radius 3 is 2.67 bits per heavy atom. The van der Waals surface area contributed by atoms with E-state index in [1.165, 1.54) is 6.08 Å². The highest BCUT2D eigenvalue weighted by molar-refractivity contribution is 5.91. The van der Waals surface area contributed by atoms with Crippen molar-refractivity contribution in [2.75, 3.05) is 18.9 Å². The Morgan fingerprint density at radius 1 is 1.40 bits per heavy atom. The van der Waals surface area contributed by atoms with Crippen molar-refractivity contribution < 1.29 is 9.90 Å². The number of carbonyl (C=O) groups is 1. The highest BCUT2D eigenvalue weighted by Gasteiger charge is 1.93. The number of nitrogen functional groups attached to an aromatic ring is 1. The molecule has 4 N–H and O–H groups in total. The molecule has 0 spiro atoms. The number of hydrogen-bond acceptors (Lipinski definition) is 3. The molecule has 0 aromatic heterocycles. The average molecular weight is 206 g/mol. The SMILES string of the molecule is Nc1ccc(/C=C/C(=O)NCCO)cc1. The van der Waals surface area contributed by atoms with Crippen LogP contribution in [0, 0.1) is 0 Å². The normalized spacial score (nSPS) is 10.5. The van der Waals surface area contributed by atoms with Gasteiger partial charge < -0.3 is 16.2 Å². The fourth-order valence-corrected chi connectivity index (χ4v) is 1.02. The van der Waals surface area contributed by atoms with Crippen molar-refractivity contribution in [3.63, 3.8) is 0 Å². The van der Waals surface area contributed by atoms with E-state index < -0.39 is 0 Å². The molecule has 0 saturated carbocycles. The van der Waals surface area contributed by atoms with Gasteiger partial charge in [-0.3, -0.25) is 4.79 Å². The summed E-state index contributed by atoms with van der Waals surface area (Å²) in [7, 11) is 0. The van der Waals surface area contributed by atoms with Gasteiger partial charge >= 0.3 is 0 Å². The number of nitrogens with one attached hydrogen (secondary N) is 1. The van der Waals surface area contributed by atoms with Gasteiger partial charge in [0.25, 0.3) is 0 Å². The van der Waals surface area contributed by atoms with Crippen molar-refractivity contribution in [3.05, 3.63) is 35.9 Å². The summed E-state index contributed by atoms with van der Waals surface area (Å²) in [5, 5.41) is 11.0. The predicted octanol–water partition coefficient (Wildman–Crippen LogP) is 0.390. The van der Waals surface area contributed by atoms with Crippen molar-refractivity contribution in [2.45, 2.75) is 0 Å². The van der Waals surface area contributed by atoms with Crippen molar-refractivity contribution in [3.8, 4) is 0 Å². The van der Waals surface area contributed by atoms with E-state index in [9.17, 15) is 4.79 Å². The van der Waals surface area contributed by atoms with Crippen LogP contribution in [0.1, 0.15) is 5.56 Å². The lowest BCUT2D eigenvalue weighted by molar-refractivity contribution is -0.116. The van der Waals surface area contributed by atoms with Crippen LogP contribution >= 0.6 is 0 Å². The van der Waals surface area contributed by atoms with Crippen LogP contribution in [-0.2, 0) is 4.79 Å². The van der Waals surface area contributed by atoms with Gasteiger partial charge in [0.15, 0.2) is 0 Å². The van der Waals surface area contributed by atoms with E-state index in [0.717, 1.165) is 5.56 Å². The topological polar surface area (TPSA) is 75.4 Å². The van der Waals surface area contributed by atoms with Crippen molar-refractivity contribution >= 4 is 17.7 Å². The first-order chi connectivity index (χ1) is 7.22. The molecule has 80 valence electrons. The molecule has 0 unspecified atom stereocenters. The van der Waals surface area contributed by atoms with E-state index in [1.807, 2.05) is 12.1 Å². The summed E-state index contributed by atoms with van der Waals surface area (Å²) in [5.74, 6) is -0.221. The maximum absolute atomic E-state index is 11.1. The highest BCUT2D eigenvalue weighted by atomic mass is 16.3. The quantitative estimate of drug-likeness (QED) is 0.492. The van der Waals surface area contributed by atoms with Crippen LogP contribution in [0.15, 0.2) is 30.3 Å². The molecule has 0 heterocycles. The van der Waals surface area contributed by atoms with Crippen LogP contribution in [0.5, 0.6) is 0 Å². The van der Waals surface area contributed by atoms with Gasteiger partial charge in [-0.15, -0.1) is 0 Å². The van der Waals surface area contributed by atoms with E-state index in [4.69, 9.17) is 10.8 Å². The summed E-state index contributed by atoms with van der Waals surface area (Å²) < 4.78 is 0. The molecule has 0 radical (unpaired) electrons. The van der Waals surface area contributed by atoms with Gasteiger partial charge in [0.1, 0.15) is 0 Å². The molecule has 1 aromatic rings. The zero-order chi connectivity index (χ0) is 11.1. The number of rotatable bonds is 4. The molecule has 1 amide bonds. The number of aliphatic hydroxyl groups excluding tert-OH is 1. The van der Waals surface area contributed by atoms with E-state index in [1.54, 1.807) is 18.2 Å². The van der Waals surface area contributed by atoms with E-state index >= 15 is 0 Å². The number of carbonyl (C=O) groups excluding carboxylic acids is 1. The first-order valence-corrected chi connectivity index (χ1v) is 4.64. The van der Waals surface area contributed by atoms with Gasteiger partial charge in [-0.1, -0.05) is 12.1 Å². The standard InChI is InChI=1S/C11H14N2O2/c12-10-4-1-9(2-5-10)3-6-11(15)13-7-8-14/h1-6,14H,7-8,12H2,(H,13,15)/b6-3+. The third-order valence-corrected chi connectivity index (χ3v) is 1.77. The minimum atomic E-state index is -0.221. The Labute approximate surface area is 88.4 Å². The number of amides is 1. The third kappa shape index (κ3) is 4.28. The minimum absolute atomic E-state index is 0.0541. The van der Waals surface area contributed by atoms with Gasteiger partial charge in [-0.25, -0.2) is 0 Å². The fourth-order valence-electron chi connectivity index (χ4n) is 1.02. The molecule has 4 heteroatoms. The number of nitrogens with two attached hydrogens (primary N) is 1. The summed E-state index contributed by atoms with van der Waals surface area (Å²) in [4.78, 5) is 11.1. The Morgan fingerprint density at radius 2 is 2.07 bits per heavy atom. The molecule has 1 aromatic carbocycles. The summed E-state index contributed by atoms with van der Waals surface area (Å²) in [6, 6.07) is 7.19. The maximum atomic E-state index is 11.1. The molecule has 1 rings (SSSR count). The molecule has 0 saturated heterocycles. The van der Waals surface area contributed by atoms with Gasteiger partial charge in [0.05, 0.1) is 6.61 Å². The second kappa shape index (κ2) is 5.82. The van der Waals surface area contributed by atoms with Crippen LogP contribution in [0.3, 0.4) is 0 Å². The summed E-state index contributed by atoms with van der Waals surface area (Å²) in [6.07, 6.45) is 3.10. The van der Waals surface area contributed by atoms with Crippen LogP contribution in [0.25, 0.3) is 6.08 Å². The van der Waals surface area contributed by atoms with Crippen LogP contribution < -0.4 is 11.1 Å². The number of hydrogen-bond donors (Lipinski definition) is 3. The number of benzene rings is 1. The van der Waals surface area contributed by atoms with Crippen LogP contribution in [-0.4, -0.2) is 24.2 Å². The lowest BCUT2D eigenvalue weighted by Gasteiger charge is -1.97. The summed E-state index contributed by atoms with van der Waals surface area (Å²) >= 11 is 0. The molecular formula is C11H14N2O2. The molecular weight excluding hydrogens is 192 g/mol. The van der Waals surface area contributed by atoms with Crippen molar-refractivity contribution in [1.29, 1.82) is 0 Å². The van der Waals surface area contributed by atoms with Crippen LogP contribution in [0.2, 0.25) is 0 Å². The molecule has 0 aliphatic rings. The smallest absolute Gasteiger partial charge is 0.244 e. The molecule has 0 fully saturated rings. The molecule has 0 atom stereocenters. The summed E-state index contributed by atoms with van der Waals surface area (Å²) in [6.45, 7) is 0.215. The molecule has 15 heavy (non-hydrogen) atoms. The summed E-state index contributed by atoms with van der Waals surface area (Å²) in [5.41, 5.74) is 7.11. The highest BCUT2D eigenvalue weighted by Crippen LogP contribution is 2.06. The Bertz CT molecular complexity index is 344. The van der Waals surface area contributed by atoms with E-state index in [2.05, 4.69) is 5.32 Å². The Hall–Kier alpha value is -1.81. The molecule has 0 aliphatic heterocycles. The lowest BCUT2D eigenvalue weighted by atomic mass is 10.2. The Kier molecular flexibility index (Phi) is 4.37. The zero-order valence-corrected chi connectivity index (χ0v) is 8.31. The monoisotopic (exact) mass is 206 g/mol. The molecule has 0 bridgehead atoms.